The van der Waals surface area contributed by atoms with Crippen molar-refractivity contribution in [1.82, 2.24) is 5.01 Å². The molecule has 2 aliphatic rings. The van der Waals surface area contributed by atoms with Gasteiger partial charge >= 0.3 is 0 Å². The van der Waals surface area contributed by atoms with E-state index in [1.165, 1.54) is 4.88 Å². The van der Waals surface area contributed by atoms with Crippen LogP contribution in [0.3, 0.4) is 0 Å². The van der Waals surface area contributed by atoms with Crippen molar-refractivity contribution < 1.29 is 9.15 Å². The first-order valence-corrected chi connectivity index (χ1v) is 9.36. The molecule has 24 heavy (non-hydrogen) atoms. The Hall–Kier alpha value is -2.05. The normalized spacial score (nSPS) is 21.9. The van der Waals surface area contributed by atoms with Gasteiger partial charge in [-0.1, -0.05) is 22.0 Å². The van der Waals surface area contributed by atoms with Crippen LogP contribution in [0.2, 0.25) is 0 Å². The summed E-state index contributed by atoms with van der Waals surface area (Å²) < 4.78 is 12.9. The summed E-state index contributed by atoms with van der Waals surface area (Å²) in [5.74, 6) is 1.66. The highest BCUT2D eigenvalue weighted by atomic mass is 79.9. The van der Waals surface area contributed by atoms with Gasteiger partial charge in [0.1, 0.15) is 5.75 Å². The molecular weight excluding hydrogens is 388 g/mol. The summed E-state index contributed by atoms with van der Waals surface area (Å²) in [4.78, 5) is 1.21. The molecule has 0 N–H and O–H groups in total. The highest BCUT2D eigenvalue weighted by Crippen LogP contribution is 2.48. The largest absolute Gasteiger partial charge is 0.463 e. The smallest absolute Gasteiger partial charge is 0.246 e. The molecule has 4 nitrogen and oxygen atoms in total. The third kappa shape index (κ3) is 2.21. The van der Waals surface area contributed by atoms with Gasteiger partial charge in [-0.3, -0.25) is 0 Å². The van der Waals surface area contributed by atoms with E-state index in [1.807, 2.05) is 29.3 Å². The number of ether oxygens (including phenoxy) is 1. The van der Waals surface area contributed by atoms with Gasteiger partial charge < -0.3 is 9.15 Å². The van der Waals surface area contributed by atoms with Gasteiger partial charge in [0.25, 0.3) is 0 Å². The van der Waals surface area contributed by atoms with Crippen LogP contribution in [0.1, 0.15) is 34.9 Å². The van der Waals surface area contributed by atoms with Crippen LogP contribution in [0, 0.1) is 0 Å². The fourth-order valence-corrected chi connectivity index (χ4v) is 4.37. The Morgan fingerprint density at radius 2 is 2.17 bits per heavy atom. The van der Waals surface area contributed by atoms with Crippen LogP contribution in [-0.2, 0) is 0 Å². The van der Waals surface area contributed by atoms with Gasteiger partial charge in [-0.25, -0.2) is 5.01 Å². The molecule has 3 aromatic rings. The fraction of sp³-hybridized carbons (Fsp3) is 0.167. The number of benzene rings is 1. The van der Waals surface area contributed by atoms with E-state index in [-0.39, 0.29) is 12.3 Å². The molecule has 0 amide bonds. The van der Waals surface area contributed by atoms with Gasteiger partial charge in [0.05, 0.1) is 22.9 Å². The van der Waals surface area contributed by atoms with Gasteiger partial charge in [0, 0.05) is 16.5 Å². The molecule has 0 fully saturated rings. The van der Waals surface area contributed by atoms with Crippen molar-refractivity contribution in [1.29, 1.82) is 0 Å². The first-order chi connectivity index (χ1) is 11.8. The molecule has 2 aromatic heterocycles. The van der Waals surface area contributed by atoms with E-state index in [4.69, 9.17) is 14.3 Å². The highest BCUT2D eigenvalue weighted by molar-refractivity contribution is 9.10. The van der Waals surface area contributed by atoms with Crippen LogP contribution in [0.5, 0.6) is 5.75 Å². The Kier molecular flexibility index (Phi) is 3.28. The topological polar surface area (TPSA) is 38.0 Å². The van der Waals surface area contributed by atoms with Crippen molar-refractivity contribution in [2.24, 2.45) is 5.10 Å². The Labute approximate surface area is 151 Å². The molecule has 2 atom stereocenters. The summed E-state index contributed by atoms with van der Waals surface area (Å²) in [6.45, 7) is 0. The van der Waals surface area contributed by atoms with Crippen LogP contribution < -0.4 is 4.74 Å². The van der Waals surface area contributed by atoms with Crippen LogP contribution in [-0.4, -0.2) is 10.7 Å². The third-order valence-corrected chi connectivity index (χ3v) is 5.76. The molecule has 0 saturated carbocycles. The minimum atomic E-state index is -0.337. The summed E-state index contributed by atoms with van der Waals surface area (Å²) in [7, 11) is 0. The third-order valence-electron chi connectivity index (χ3n) is 4.34. The van der Waals surface area contributed by atoms with Crippen molar-refractivity contribution in [3.63, 3.8) is 0 Å². The van der Waals surface area contributed by atoms with E-state index >= 15 is 0 Å². The standard InChI is InChI=1S/C18H13BrN2O2S/c19-11-5-6-15-12(9-11)14-10-13(17-4-2-8-24-17)20-21(14)18(23-15)16-3-1-7-22-16/h1-9,14,18H,10H2/t14-,18+/m0/s1. The molecule has 0 spiro atoms. The SMILES string of the molecule is Brc1ccc2c(c1)[C@@H]1CC(c3cccs3)=NN1[C@@H](c1ccco1)O2. The Balaban J connectivity index is 1.62. The summed E-state index contributed by atoms with van der Waals surface area (Å²) in [6.07, 6.45) is 2.20. The number of hydrogen-bond donors (Lipinski definition) is 0. The number of rotatable bonds is 2. The van der Waals surface area contributed by atoms with E-state index < -0.39 is 0 Å². The number of halogens is 1. The molecule has 1 aromatic carbocycles. The lowest BCUT2D eigenvalue weighted by molar-refractivity contribution is -0.0325. The molecule has 0 bridgehead atoms. The van der Waals surface area contributed by atoms with E-state index in [2.05, 4.69) is 39.5 Å². The summed E-state index contributed by atoms with van der Waals surface area (Å²) in [6, 6.07) is 14.3. The van der Waals surface area contributed by atoms with E-state index in [9.17, 15) is 0 Å². The number of hydrazone groups is 1. The van der Waals surface area contributed by atoms with Crippen molar-refractivity contribution in [2.75, 3.05) is 0 Å². The second-order valence-corrected chi connectivity index (χ2v) is 7.66. The van der Waals surface area contributed by atoms with Gasteiger partial charge in [-0.05, 0) is 41.8 Å². The van der Waals surface area contributed by atoms with Crippen molar-refractivity contribution in [2.45, 2.75) is 18.7 Å². The number of furan rings is 1. The van der Waals surface area contributed by atoms with Crippen LogP contribution >= 0.6 is 27.3 Å². The fourth-order valence-electron chi connectivity index (χ4n) is 3.27. The summed E-state index contributed by atoms with van der Waals surface area (Å²) >= 11 is 5.28. The first kappa shape index (κ1) is 14.3. The second-order valence-electron chi connectivity index (χ2n) is 5.79. The predicted octanol–water partition coefficient (Wildman–Crippen LogP) is 5.35. The molecular formula is C18H13BrN2O2S. The first-order valence-electron chi connectivity index (χ1n) is 7.69. The molecule has 0 unspecified atom stereocenters. The van der Waals surface area contributed by atoms with Crippen LogP contribution in [0.15, 0.2) is 68.1 Å². The predicted molar refractivity (Wildman–Crippen MR) is 96.3 cm³/mol. The number of fused-ring (bicyclic) bond motifs is 3. The quantitative estimate of drug-likeness (QED) is 0.581. The van der Waals surface area contributed by atoms with Crippen molar-refractivity contribution in [3.8, 4) is 5.75 Å². The minimum absolute atomic E-state index is 0.151. The average molecular weight is 401 g/mol. The number of nitrogens with zero attached hydrogens (tertiary/aromatic N) is 2. The summed E-state index contributed by atoms with van der Waals surface area (Å²) in [5.41, 5.74) is 2.26. The number of hydrogen-bond acceptors (Lipinski definition) is 5. The van der Waals surface area contributed by atoms with Crippen LogP contribution in [0.25, 0.3) is 0 Å². The summed E-state index contributed by atoms with van der Waals surface area (Å²) in [5, 5.41) is 8.99. The lowest BCUT2D eigenvalue weighted by Gasteiger charge is -2.37. The zero-order chi connectivity index (χ0) is 16.1. The molecule has 2 aliphatic heterocycles. The van der Waals surface area contributed by atoms with Gasteiger partial charge in [-0.2, -0.15) is 5.10 Å². The lowest BCUT2D eigenvalue weighted by Crippen LogP contribution is -2.33. The van der Waals surface area contributed by atoms with E-state index in [1.54, 1.807) is 17.6 Å². The monoisotopic (exact) mass is 400 g/mol. The van der Waals surface area contributed by atoms with E-state index in [0.717, 1.165) is 33.7 Å². The molecule has 0 radical (unpaired) electrons. The Bertz CT molecular complexity index is 905. The van der Waals surface area contributed by atoms with E-state index in [0.29, 0.717) is 0 Å². The van der Waals surface area contributed by atoms with Gasteiger partial charge in [0.15, 0.2) is 5.76 Å². The molecule has 0 aliphatic carbocycles. The molecule has 5 rings (SSSR count). The minimum Gasteiger partial charge on any atom is -0.463 e. The molecule has 4 heterocycles. The molecule has 6 heteroatoms. The molecule has 120 valence electrons. The highest BCUT2D eigenvalue weighted by Gasteiger charge is 2.42. The molecule has 0 saturated heterocycles. The Morgan fingerprint density at radius 1 is 1.21 bits per heavy atom. The average Bonchev–Trinajstić information content (AvgIpc) is 3.33. The maximum atomic E-state index is 6.22. The van der Waals surface area contributed by atoms with Gasteiger partial charge in [-0.15, -0.1) is 11.3 Å². The maximum absolute atomic E-state index is 6.22. The zero-order valence-electron chi connectivity index (χ0n) is 12.6. The Morgan fingerprint density at radius 3 is 2.96 bits per heavy atom. The van der Waals surface area contributed by atoms with Crippen molar-refractivity contribution in [3.05, 3.63) is 74.8 Å². The number of thiophene rings is 1. The van der Waals surface area contributed by atoms with Gasteiger partial charge in [0.2, 0.25) is 6.23 Å². The maximum Gasteiger partial charge on any atom is 0.246 e. The van der Waals surface area contributed by atoms with Crippen LogP contribution in [0.4, 0.5) is 0 Å². The second kappa shape index (κ2) is 5.50. The lowest BCUT2D eigenvalue weighted by atomic mass is 9.98. The van der Waals surface area contributed by atoms with Crippen molar-refractivity contribution >= 4 is 33.0 Å². The zero-order valence-corrected chi connectivity index (χ0v) is 15.0.